The van der Waals surface area contributed by atoms with Gasteiger partial charge in [-0.3, -0.25) is 0 Å². The second-order valence-corrected chi connectivity index (χ2v) is 0.224. The summed E-state index contributed by atoms with van der Waals surface area (Å²) in [5.41, 5.74) is 0. The van der Waals surface area contributed by atoms with E-state index in [2.05, 4.69) is 0 Å². The van der Waals surface area contributed by atoms with Crippen LogP contribution in [0, 0.1) is 15.3 Å². The van der Waals surface area contributed by atoms with Crippen molar-refractivity contribution in [2.45, 2.75) is 0 Å². The number of rotatable bonds is 0. The van der Waals surface area contributed by atoms with Crippen LogP contribution < -0.4 is 0 Å². The van der Waals surface area contributed by atoms with Crippen LogP contribution in [0.4, 0.5) is 0 Å². The van der Waals surface area contributed by atoms with E-state index in [0.29, 0.717) is 0 Å². The average Bonchev–Trinajstić information content (AvgIpc) is 0.811. The smallest absolute Gasteiger partial charge is 0.0689 e. The van der Waals surface area contributed by atoms with E-state index in [1.54, 1.807) is 0 Å². The minimum Gasteiger partial charge on any atom is -0.412 e. The number of hydrogen-bond donors (Lipinski definition) is 0. The fraction of sp³-hybridized carbons (Fsp3) is 0. The summed E-state index contributed by atoms with van der Waals surface area (Å²) in [6, 6.07) is 0. The normalized spacial score (nSPS) is 2.18. The van der Waals surface area contributed by atoms with Crippen LogP contribution in [0.3, 0.4) is 0 Å². The van der Waals surface area contributed by atoms with E-state index in [1.165, 1.54) is 0 Å². The molecule has 0 bridgehead atoms. The van der Waals surface area contributed by atoms with Gasteiger partial charge in [0.05, 0.1) is 5.09 Å². The van der Waals surface area contributed by atoms with Crippen molar-refractivity contribution in [2.24, 2.45) is 0 Å². The topological polar surface area (TPSA) is 255 Å². The third-order valence-corrected chi connectivity index (χ3v) is 0. The maximum Gasteiger partial charge on any atom is 0.0689 e. The summed E-state index contributed by atoms with van der Waals surface area (Å²) in [6.07, 6.45) is 0. The molecule has 10 nitrogen and oxygen atoms in total. The minimum absolute atomic E-state index is 0. The van der Waals surface area contributed by atoms with E-state index >= 15 is 0 Å². The van der Waals surface area contributed by atoms with E-state index in [-0.39, 0.29) is 49.9 Å². The molecule has 0 aliphatic heterocycles. The summed E-state index contributed by atoms with van der Waals surface area (Å²) in [4.78, 5) is 8.25. The first-order valence-corrected chi connectivity index (χ1v) is 0.548. The van der Waals surface area contributed by atoms with Gasteiger partial charge in [0.15, 0.2) is 0 Å². The first-order chi connectivity index (χ1) is 1.73. The van der Waals surface area contributed by atoms with Gasteiger partial charge in [0.1, 0.15) is 0 Å². The second kappa shape index (κ2) is 111. The largest absolute Gasteiger partial charge is 0.412 e. The molecular formula is H12CuNO9-. The van der Waals surface area contributed by atoms with Crippen molar-refractivity contribution in [3.63, 3.8) is 0 Å². The molecule has 0 rings (SSSR count). The van der Waals surface area contributed by atoms with Crippen molar-refractivity contribution in [3.8, 4) is 0 Å². The van der Waals surface area contributed by atoms with E-state index < -0.39 is 5.09 Å². The molecule has 0 heterocycles. The molecule has 0 saturated heterocycles. The third kappa shape index (κ3) is 1960. The summed E-state index contributed by atoms with van der Waals surface area (Å²) in [5.74, 6) is 0. The van der Waals surface area contributed by atoms with Crippen molar-refractivity contribution >= 4 is 0 Å². The molecule has 0 unspecified atom stereocenters. The first kappa shape index (κ1) is 153. The first-order valence-electron chi connectivity index (χ1n) is 0.548. The Hall–Kier alpha value is -0.521. The molecule has 0 aliphatic rings. The Kier molecular flexibility index (Phi) is 1540. The van der Waals surface area contributed by atoms with Crippen LogP contribution in [0.2, 0.25) is 0 Å². The molecule has 0 amide bonds. The van der Waals surface area contributed by atoms with Gasteiger partial charge < -0.3 is 48.2 Å². The standard InChI is InChI=1S/Cu.NO3.6H2O/c;2-1(3)4;;;;;;/h;;6*1H2/q;-1;;;;;;. The van der Waals surface area contributed by atoms with E-state index in [9.17, 15) is 0 Å². The third-order valence-electron chi connectivity index (χ3n) is 0. The molecule has 0 aromatic carbocycles. The van der Waals surface area contributed by atoms with Crippen molar-refractivity contribution < 1.29 is 55.0 Å². The van der Waals surface area contributed by atoms with Gasteiger partial charge in [-0.25, -0.2) is 0 Å². The van der Waals surface area contributed by atoms with Gasteiger partial charge in [-0.2, -0.15) is 0 Å². The molecule has 0 atom stereocenters. The van der Waals surface area contributed by atoms with Gasteiger partial charge in [-0.15, -0.1) is 0 Å². The van der Waals surface area contributed by atoms with Crippen LogP contribution in [0.1, 0.15) is 0 Å². The Morgan fingerprint density at radius 2 is 0.727 bits per heavy atom. The summed E-state index contributed by atoms with van der Waals surface area (Å²) in [6.45, 7) is 0. The van der Waals surface area contributed by atoms with Crippen LogP contribution in [0.15, 0.2) is 0 Å². The Morgan fingerprint density at radius 3 is 0.727 bits per heavy atom. The van der Waals surface area contributed by atoms with Crippen LogP contribution in [0.5, 0.6) is 0 Å². The zero-order chi connectivity index (χ0) is 3.58. The van der Waals surface area contributed by atoms with Crippen molar-refractivity contribution in [1.82, 2.24) is 0 Å². The molecule has 11 heteroatoms. The fourth-order valence-corrected chi connectivity index (χ4v) is 0. The maximum absolute atomic E-state index is 8.25. The quantitative estimate of drug-likeness (QED) is 0.226. The molecule has 0 fully saturated rings. The van der Waals surface area contributed by atoms with Crippen molar-refractivity contribution in [3.05, 3.63) is 15.3 Å². The van der Waals surface area contributed by atoms with E-state index in [0.717, 1.165) is 0 Å². The molecular weight excluding hydrogens is 222 g/mol. The molecule has 0 aliphatic carbocycles. The molecule has 1 radical (unpaired) electrons. The zero-order valence-electron chi connectivity index (χ0n) is 4.97. The van der Waals surface area contributed by atoms with Crippen LogP contribution in [-0.4, -0.2) is 37.9 Å². The molecule has 0 saturated carbocycles. The van der Waals surface area contributed by atoms with Crippen LogP contribution >= 0.6 is 0 Å². The predicted molar refractivity (Wildman–Crippen MR) is 32.0 cm³/mol. The Bertz CT molecular complexity index is 32.5. The Morgan fingerprint density at radius 1 is 0.727 bits per heavy atom. The maximum atomic E-state index is 8.25. The SMILES string of the molecule is O.O.O.O.O.O.O=[N+]([O-])[O-].[Cu]. The van der Waals surface area contributed by atoms with Crippen molar-refractivity contribution in [1.29, 1.82) is 0 Å². The predicted octanol–water partition coefficient (Wildman–Crippen LogP) is -5.19. The summed E-state index contributed by atoms with van der Waals surface area (Å²) < 4.78 is 0. The van der Waals surface area contributed by atoms with E-state index in [1.807, 2.05) is 0 Å². The summed E-state index contributed by atoms with van der Waals surface area (Å²) >= 11 is 0. The van der Waals surface area contributed by atoms with Crippen LogP contribution in [-0.2, 0) is 17.1 Å². The monoisotopic (exact) mass is 233 g/mol. The number of hydrogen-bond acceptors (Lipinski definition) is 3. The van der Waals surface area contributed by atoms with Gasteiger partial charge in [0.2, 0.25) is 0 Å². The molecule has 0 aromatic heterocycles. The summed E-state index contributed by atoms with van der Waals surface area (Å²) in [7, 11) is 0. The van der Waals surface area contributed by atoms with Gasteiger partial charge in [0.25, 0.3) is 0 Å². The van der Waals surface area contributed by atoms with Gasteiger partial charge in [-0.1, -0.05) is 0 Å². The van der Waals surface area contributed by atoms with Gasteiger partial charge in [-0.05, 0) is 0 Å². The fourth-order valence-electron chi connectivity index (χ4n) is 0. The summed E-state index contributed by atoms with van der Waals surface area (Å²) in [5, 5.41) is 14.8. The molecule has 12 N–H and O–H groups in total. The van der Waals surface area contributed by atoms with E-state index in [4.69, 9.17) is 15.3 Å². The zero-order valence-corrected chi connectivity index (χ0v) is 5.92. The molecule has 83 valence electrons. The van der Waals surface area contributed by atoms with Gasteiger partial charge in [0, 0.05) is 17.1 Å². The Labute approximate surface area is 71.3 Å². The molecule has 0 spiro atoms. The Balaban J connectivity index is -0.00000000214. The average molecular weight is 234 g/mol. The van der Waals surface area contributed by atoms with Crippen molar-refractivity contribution in [2.75, 3.05) is 0 Å². The van der Waals surface area contributed by atoms with Gasteiger partial charge >= 0.3 is 0 Å². The molecule has 0 aromatic rings. The second-order valence-electron chi connectivity index (χ2n) is 0.224. The minimum atomic E-state index is -1.75. The van der Waals surface area contributed by atoms with Crippen LogP contribution in [0.25, 0.3) is 0 Å². The molecule has 11 heavy (non-hydrogen) atoms. The number of nitrogens with zero attached hydrogens (tertiary/aromatic N) is 1.